The number of benzene rings is 1. The topological polar surface area (TPSA) is 89.2 Å². The van der Waals surface area contributed by atoms with Crippen LogP contribution in [0.2, 0.25) is 0 Å². The van der Waals surface area contributed by atoms with Gasteiger partial charge in [0.15, 0.2) is 5.65 Å². The Hall–Kier alpha value is -3.82. The zero-order chi connectivity index (χ0) is 22.6. The molecule has 4 heterocycles. The van der Waals surface area contributed by atoms with Crippen LogP contribution < -0.4 is 5.32 Å². The van der Waals surface area contributed by atoms with Crippen molar-refractivity contribution in [2.45, 2.75) is 4.90 Å². The van der Waals surface area contributed by atoms with Crippen LogP contribution in [0.1, 0.15) is 15.2 Å². The molecular weight excluding hydrogens is 454 g/mol. The summed E-state index contributed by atoms with van der Waals surface area (Å²) in [6, 6.07) is 16.7. The first-order valence-electron chi connectivity index (χ1n) is 10.0. The number of nitrogens with zero attached hydrogens (tertiary/aromatic N) is 4. The minimum atomic E-state index is -0.100. The van der Waals surface area contributed by atoms with Crippen molar-refractivity contribution in [2.75, 3.05) is 11.1 Å². The molecule has 0 fully saturated rings. The first-order chi connectivity index (χ1) is 16.2. The molecule has 0 aliphatic heterocycles. The van der Waals surface area contributed by atoms with Gasteiger partial charge in [-0.2, -0.15) is 5.10 Å². The Kier molecular flexibility index (Phi) is 5.97. The third kappa shape index (κ3) is 4.55. The second-order valence-electron chi connectivity index (χ2n) is 7.03. The van der Waals surface area contributed by atoms with Gasteiger partial charge in [0.1, 0.15) is 0 Å². The van der Waals surface area contributed by atoms with Gasteiger partial charge < -0.3 is 5.32 Å². The lowest BCUT2D eigenvalue weighted by Crippen LogP contribution is -2.14. The van der Waals surface area contributed by atoms with Crippen molar-refractivity contribution in [2.24, 2.45) is 0 Å². The van der Waals surface area contributed by atoms with Crippen LogP contribution in [0.5, 0.6) is 0 Å². The van der Waals surface area contributed by atoms with E-state index in [9.17, 15) is 9.59 Å². The third-order valence-corrected chi connectivity index (χ3v) is 6.73. The molecule has 5 rings (SSSR count). The van der Waals surface area contributed by atoms with Crippen molar-refractivity contribution >= 4 is 46.1 Å². The molecule has 0 unspecified atom stereocenters. The average Bonchev–Trinajstić information content (AvgIpc) is 3.54. The minimum absolute atomic E-state index is 0.0997. The zero-order valence-electron chi connectivity index (χ0n) is 17.2. The number of anilines is 1. The highest BCUT2D eigenvalue weighted by molar-refractivity contribution is 8.00. The van der Waals surface area contributed by atoms with E-state index in [1.807, 2.05) is 53.9 Å². The molecule has 1 N–H and O–H groups in total. The lowest BCUT2D eigenvalue weighted by Gasteiger charge is -2.09. The number of aromatic nitrogens is 4. The summed E-state index contributed by atoms with van der Waals surface area (Å²) in [4.78, 5) is 35.3. The Bertz CT molecular complexity index is 1430. The lowest BCUT2D eigenvalue weighted by atomic mass is 10.1. The van der Waals surface area contributed by atoms with Crippen molar-refractivity contribution in [3.63, 3.8) is 0 Å². The summed E-state index contributed by atoms with van der Waals surface area (Å²) >= 11 is 2.84. The Balaban J connectivity index is 1.38. The number of thioether (sulfide) groups is 1. The van der Waals surface area contributed by atoms with Crippen LogP contribution in [0, 0.1) is 0 Å². The maximum atomic E-state index is 12.8. The van der Waals surface area contributed by atoms with Crippen LogP contribution in [0.3, 0.4) is 0 Å². The predicted octanol–water partition coefficient (Wildman–Crippen LogP) is 4.81. The first-order valence-corrected chi connectivity index (χ1v) is 11.9. The standard InChI is InChI=1S/C24H17N5O2S2/c30-22(15-33-18-6-9-25-10-7-18)28-17-4-1-3-16(13-17)20-8-11-26-24-19(14-27-29(20)24)23(31)21-5-2-12-32-21/h1-14H,15H2,(H,28,30). The largest absolute Gasteiger partial charge is 0.325 e. The van der Waals surface area contributed by atoms with E-state index in [1.165, 1.54) is 23.1 Å². The van der Waals surface area contributed by atoms with E-state index in [2.05, 4.69) is 20.4 Å². The summed E-state index contributed by atoms with van der Waals surface area (Å²) in [6.45, 7) is 0. The molecule has 0 aliphatic rings. The van der Waals surface area contributed by atoms with Crippen molar-refractivity contribution in [1.82, 2.24) is 19.6 Å². The smallest absolute Gasteiger partial charge is 0.234 e. The molecule has 0 spiro atoms. The van der Waals surface area contributed by atoms with Gasteiger partial charge in [-0.05, 0) is 41.8 Å². The van der Waals surface area contributed by atoms with Gasteiger partial charge >= 0.3 is 0 Å². The monoisotopic (exact) mass is 471 g/mol. The quantitative estimate of drug-likeness (QED) is 0.271. The van der Waals surface area contributed by atoms with Crippen LogP contribution in [-0.4, -0.2) is 37.0 Å². The first kappa shape index (κ1) is 21.0. The molecule has 5 aromatic rings. The fourth-order valence-electron chi connectivity index (χ4n) is 3.35. The molecule has 0 radical (unpaired) electrons. The number of carbonyl (C=O) groups excluding carboxylic acids is 2. The molecule has 1 amide bonds. The number of rotatable bonds is 7. The van der Waals surface area contributed by atoms with E-state index in [-0.39, 0.29) is 11.7 Å². The van der Waals surface area contributed by atoms with Gasteiger partial charge in [0.2, 0.25) is 11.7 Å². The number of hydrogen-bond acceptors (Lipinski definition) is 7. The number of pyridine rings is 1. The fraction of sp³-hybridized carbons (Fsp3) is 0.0417. The molecule has 0 atom stereocenters. The van der Waals surface area contributed by atoms with Crippen LogP contribution in [-0.2, 0) is 4.79 Å². The number of thiophene rings is 1. The zero-order valence-corrected chi connectivity index (χ0v) is 18.8. The Morgan fingerprint density at radius 3 is 2.73 bits per heavy atom. The Morgan fingerprint density at radius 1 is 1.03 bits per heavy atom. The summed E-state index contributed by atoms with van der Waals surface area (Å²) in [7, 11) is 0. The molecule has 7 nitrogen and oxygen atoms in total. The van der Waals surface area contributed by atoms with E-state index in [0.29, 0.717) is 27.5 Å². The normalized spacial score (nSPS) is 10.9. The highest BCUT2D eigenvalue weighted by atomic mass is 32.2. The Morgan fingerprint density at radius 2 is 1.91 bits per heavy atom. The van der Waals surface area contributed by atoms with E-state index < -0.39 is 0 Å². The van der Waals surface area contributed by atoms with Crippen molar-refractivity contribution in [3.05, 3.63) is 95.2 Å². The van der Waals surface area contributed by atoms with Crippen molar-refractivity contribution in [3.8, 4) is 11.3 Å². The third-order valence-electron chi connectivity index (χ3n) is 4.85. The lowest BCUT2D eigenvalue weighted by molar-refractivity contribution is -0.113. The van der Waals surface area contributed by atoms with Gasteiger partial charge in [0.25, 0.3) is 0 Å². The number of fused-ring (bicyclic) bond motifs is 1. The van der Waals surface area contributed by atoms with E-state index >= 15 is 0 Å². The summed E-state index contributed by atoms with van der Waals surface area (Å²) in [6.07, 6.45) is 6.62. The van der Waals surface area contributed by atoms with Crippen LogP contribution >= 0.6 is 23.1 Å². The number of amides is 1. The molecule has 9 heteroatoms. The predicted molar refractivity (Wildman–Crippen MR) is 130 cm³/mol. The van der Waals surface area contributed by atoms with Crippen LogP contribution in [0.4, 0.5) is 5.69 Å². The van der Waals surface area contributed by atoms with Crippen LogP contribution in [0.15, 0.2) is 89.7 Å². The van der Waals surface area contributed by atoms with E-state index in [0.717, 1.165) is 16.2 Å². The second kappa shape index (κ2) is 9.35. The molecule has 33 heavy (non-hydrogen) atoms. The molecule has 4 aromatic heterocycles. The molecule has 0 aliphatic carbocycles. The number of hydrogen-bond donors (Lipinski definition) is 1. The molecule has 0 saturated carbocycles. The van der Waals surface area contributed by atoms with Crippen LogP contribution in [0.25, 0.3) is 16.9 Å². The average molecular weight is 472 g/mol. The summed E-state index contributed by atoms with van der Waals surface area (Å²) in [5.41, 5.74) is 3.25. The fourth-order valence-corrected chi connectivity index (χ4v) is 4.71. The molecule has 0 bridgehead atoms. The van der Waals surface area contributed by atoms with E-state index in [1.54, 1.807) is 35.4 Å². The highest BCUT2D eigenvalue weighted by Gasteiger charge is 2.18. The number of carbonyl (C=O) groups is 2. The van der Waals surface area contributed by atoms with Gasteiger partial charge in [-0.1, -0.05) is 18.2 Å². The Labute approximate surface area is 197 Å². The van der Waals surface area contributed by atoms with Crippen molar-refractivity contribution in [1.29, 1.82) is 0 Å². The molecule has 0 saturated heterocycles. The highest BCUT2D eigenvalue weighted by Crippen LogP contribution is 2.26. The number of nitrogens with one attached hydrogen (secondary N) is 1. The van der Waals surface area contributed by atoms with Gasteiger partial charge in [-0.15, -0.1) is 23.1 Å². The number of ketones is 1. The summed E-state index contributed by atoms with van der Waals surface area (Å²) in [5.74, 6) is 0.0929. The summed E-state index contributed by atoms with van der Waals surface area (Å²) < 4.78 is 1.65. The molecule has 1 aromatic carbocycles. The summed E-state index contributed by atoms with van der Waals surface area (Å²) in [5, 5.41) is 9.23. The second-order valence-corrected chi connectivity index (χ2v) is 9.03. The van der Waals surface area contributed by atoms with E-state index in [4.69, 9.17) is 0 Å². The SMILES string of the molecule is O=C(CSc1ccncc1)Nc1cccc(-c2ccnc3c(C(=O)c4cccs4)cnn23)c1. The maximum Gasteiger partial charge on any atom is 0.234 e. The molecular formula is C24H17N5O2S2. The van der Waals surface area contributed by atoms with Gasteiger partial charge in [0, 0.05) is 34.7 Å². The maximum absolute atomic E-state index is 12.8. The van der Waals surface area contributed by atoms with Crippen molar-refractivity contribution < 1.29 is 9.59 Å². The minimum Gasteiger partial charge on any atom is -0.325 e. The molecule has 162 valence electrons. The van der Waals surface area contributed by atoms with Gasteiger partial charge in [0.05, 0.1) is 28.1 Å². The van der Waals surface area contributed by atoms with Gasteiger partial charge in [-0.3, -0.25) is 14.6 Å². The van der Waals surface area contributed by atoms with Gasteiger partial charge in [-0.25, -0.2) is 9.50 Å².